The molecule has 1 aliphatic rings. The van der Waals surface area contributed by atoms with Crippen LogP contribution < -0.4 is 5.32 Å². The van der Waals surface area contributed by atoms with E-state index in [1.165, 1.54) is 46.8 Å². The highest BCUT2D eigenvalue weighted by atomic mass is 32.2. The van der Waals surface area contributed by atoms with Crippen molar-refractivity contribution in [3.05, 3.63) is 95.8 Å². The average molecular weight is 499 g/mol. The van der Waals surface area contributed by atoms with Gasteiger partial charge in [-0.1, -0.05) is 42.5 Å². The number of carbonyl (C=O) groups excluding carboxylic acids is 2. The highest BCUT2D eigenvalue weighted by Crippen LogP contribution is 2.24. The van der Waals surface area contributed by atoms with Gasteiger partial charge in [0.15, 0.2) is 0 Å². The van der Waals surface area contributed by atoms with E-state index >= 15 is 0 Å². The fourth-order valence-electron chi connectivity index (χ4n) is 3.57. The van der Waals surface area contributed by atoms with Crippen molar-refractivity contribution in [3.63, 3.8) is 0 Å². The minimum Gasteiger partial charge on any atom is -0.444 e. The van der Waals surface area contributed by atoms with Gasteiger partial charge in [0.1, 0.15) is 5.82 Å². The molecule has 1 heterocycles. The normalized spacial score (nSPS) is 15.2. The van der Waals surface area contributed by atoms with Crippen LogP contribution in [0.5, 0.6) is 0 Å². The monoisotopic (exact) mass is 498 g/mol. The Morgan fingerprint density at radius 3 is 2.37 bits per heavy atom. The largest absolute Gasteiger partial charge is 0.444 e. The van der Waals surface area contributed by atoms with Gasteiger partial charge in [-0.05, 0) is 36.4 Å². The van der Waals surface area contributed by atoms with Crippen LogP contribution in [0.25, 0.3) is 0 Å². The fraction of sp³-hybridized carbons (Fsp3) is 0.200. The number of hydrogen-bond donors (Lipinski definition) is 1. The highest BCUT2D eigenvalue weighted by molar-refractivity contribution is 7.89. The lowest BCUT2D eigenvalue weighted by Crippen LogP contribution is -2.40. The smallest absolute Gasteiger partial charge is 0.339 e. The molecule has 1 saturated heterocycles. The Kier molecular flexibility index (Phi) is 7.54. The van der Waals surface area contributed by atoms with Crippen LogP contribution in [0.1, 0.15) is 22.0 Å². The highest BCUT2D eigenvalue weighted by Gasteiger charge is 2.28. The van der Waals surface area contributed by atoms with Gasteiger partial charge < -0.3 is 14.8 Å². The van der Waals surface area contributed by atoms with E-state index in [0.29, 0.717) is 18.8 Å². The van der Waals surface area contributed by atoms with E-state index in [1.54, 1.807) is 30.3 Å². The molecule has 0 saturated carbocycles. The van der Waals surface area contributed by atoms with Gasteiger partial charge in [0.25, 0.3) is 5.91 Å². The molecule has 182 valence electrons. The van der Waals surface area contributed by atoms with Gasteiger partial charge in [0, 0.05) is 24.3 Å². The zero-order chi connectivity index (χ0) is 24.8. The predicted molar refractivity (Wildman–Crippen MR) is 126 cm³/mol. The number of morpholine rings is 1. The molecule has 1 fully saturated rings. The lowest BCUT2D eigenvalue weighted by atomic mass is 10.1. The average Bonchev–Trinajstić information content (AvgIpc) is 2.88. The molecule has 0 aromatic heterocycles. The molecular weight excluding hydrogens is 475 g/mol. The van der Waals surface area contributed by atoms with Crippen LogP contribution in [0.4, 0.5) is 10.1 Å². The van der Waals surface area contributed by atoms with Crippen LogP contribution in [0.2, 0.25) is 0 Å². The van der Waals surface area contributed by atoms with Crippen LogP contribution in [-0.2, 0) is 24.3 Å². The van der Waals surface area contributed by atoms with Gasteiger partial charge in [-0.3, -0.25) is 4.79 Å². The maximum atomic E-state index is 13.6. The second-order valence-corrected chi connectivity index (χ2v) is 9.68. The minimum atomic E-state index is -3.77. The molecule has 8 nitrogen and oxygen atoms in total. The number of anilines is 1. The standard InChI is InChI=1S/C25H23FN2O6S/c26-20-9-4-8-19(16-20)25(30)34-23(18-6-2-1-3-7-18)24(29)27-21-10-5-11-22(17-21)35(31,32)28-12-14-33-15-13-28/h1-11,16-17,23H,12-15H2,(H,27,29)/t23-/m1/s1. The molecule has 10 heteroatoms. The molecule has 1 atom stereocenters. The minimum absolute atomic E-state index is 0.0187. The van der Waals surface area contributed by atoms with Gasteiger partial charge >= 0.3 is 5.97 Å². The number of hydrogen-bond acceptors (Lipinski definition) is 6. The SMILES string of the molecule is O=C(O[C@@H](C(=O)Nc1cccc(S(=O)(=O)N2CCOCC2)c1)c1ccccc1)c1cccc(F)c1. The van der Waals surface area contributed by atoms with Crippen molar-refractivity contribution in [1.82, 2.24) is 4.31 Å². The first-order valence-corrected chi connectivity index (χ1v) is 12.3. The predicted octanol–water partition coefficient (Wildman–Crippen LogP) is 3.38. The van der Waals surface area contributed by atoms with E-state index in [4.69, 9.17) is 9.47 Å². The number of sulfonamides is 1. The van der Waals surface area contributed by atoms with E-state index in [-0.39, 0.29) is 29.2 Å². The molecule has 4 rings (SSSR count). The number of halogens is 1. The van der Waals surface area contributed by atoms with Crippen molar-refractivity contribution < 1.29 is 31.9 Å². The van der Waals surface area contributed by atoms with Crippen LogP contribution in [0.15, 0.2) is 83.8 Å². The van der Waals surface area contributed by atoms with Crippen LogP contribution in [0, 0.1) is 5.82 Å². The summed E-state index contributed by atoms with van der Waals surface area (Å²) in [6.07, 6.45) is -1.36. The van der Waals surface area contributed by atoms with Crippen LogP contribution in [-0.4, -0.2) is 50.9 Å². The van der Waals surface area contributed by atoms with Gasteiger partial charge in [-0.25, -0.2) is 17.6 Å². The second kappa shape index (κ2) is 10.8. The fourth-order valence-corrected chi connectivity index (χ4v) is 5.02. The summed E-state index contributed by atoms with van der Waals surface area (Å²) in [6, 6.07) is 19.1. The Bertz CT molecular complexity index is 1310. The summed E-state index contributed by atoms with van der Waals surface area (Å²) in [5, 5.41) is 2.63. The van der Waals surface area contributed by atoms with Gasteiger partial charge in [-0.15, -0.1) is 0 Å². The van der Waals surface area contributed by atoms with Crippen molar-refractivity contribution in [3.8, 4) is 0 Å². The van der Waals surface area contributed by atoms with Crippen LogP contribution in [0.3, 0.4) is 0 Å². The molecular formula is C25H23FN2O6S. The summed E-state index contributed by atoms with van der Waals surface area (Å²) in [5.41, 5.74) is 0.566. The summed E-state index contributed by atoms with van der Waals surface area (Å²) in [7, 11) is -3.77. The molecule has 0 unspecified atom stereocenters. The molecule has 0 aliphatic carbocycles. The Hall–Kier alpha value is -3.60. The zero-order valence-corrected chi connectivity index (χ0v) is 19.4. The van der Waals surface area contributed by atoms with Crippen molar-refractivity contribution in [2.75, 3.05) is 31.6 Å². The zero-order valence-electron chi connectivity index (χ0n) is 18.6. The number of esters is 1. The van der Waals surface area contributed by atoms with Gasteiger partial charge in [-0.2, -0.15) is 4.31 Å². The van der Waals surface area contributed by atoms with Crippen molar-refractivity contribution in [2.24, 2.45) is 0 Å². The van der Waals surface area contributed by atoms with Crippen molar-refractivity contribution in [1.29, 1.82) is 0 Å². The molecule has 0 spiro atoms. The molecule has 1 N–H and O–H groups in total. The molecule has 0 radical (unpaired) electrons. The van der Waals surface area contributed by atoms with Crippen LogP contribution >= 0.6 is 0 Å². The number of amides is 1. The molecule has 3 aromatic rings. The van der Waals surface area contributed by atoms with E-state index in [0.717, 1.165) is 6.07 Å². The summed E-state index contributed by atoms with van der Waals surface area (Å²) in [5.74, 6) is -2.18. The lowest BCUT2D eigenvalue weighted by molar-refractivity contribution is -0.125. The Labute approximate surface area is 202 Å². The van der Waals surface area contributed by atoms with E-state index in [1.807, 2.05) is 0 Å². The molecule has 1 aliphatic heterocycles. The maximum Gasteiger partial charge on any atom is 0.339 e. The Balaban J connectivity index is 1.56. The number of ether oxygens (including phenoxy) is 2. The Morgan fingerprint density at radius 1 is 0.943 bits per heavy atom. The number of nitrogens with zero attached hydrogens (tertiary/aromatic N) is 1. The Morgan fingerprint density at radius 2 is 1.66 bits per heavy atom. The third kappa shape index (κ3) is 5.91. The van der Waals surface area contributed by atoms with Crippen molar-refractivity contribution >= 4 is 27.6 Å². The van der Waals surface area contributed by atoms with Gasteiger partial charge in [0.05, 0.1) is 23.7 Å². The third-order valence-corrected chi connectivity index (χ3v) is 7.23. The first-order valence-electron chi connectivity index (χ1n) is 10.8. The third-order valence-electron chi connectivity index (χ3n) is 5.34. The first-order chi connectivity index (χ1) is 16.8. The summed E-state index contributed by atoms with van der Waals surface area (Å²) in [6.45, 7) is 1.10. The summed E-state index contributed by atoms with van der Waals surface area (Å²) < 4.78 is 51.5. The quantitative estimate of drug-likeness (QED) is 0.501. The second-order valence-electron chi connectivity index (χ2n) is 7.74. The molecule has 3 aromatic carbocycles. The topological polar surface area (TPSA) is 102 Å². The van der Waals surface area contributed by atoms with E-state index in [2.05, 4.69) is 5.32 Å². The van der Waals surface area contributed by atoms with E-state index < -0.39 is 33.8 Å². The lowest BCUT2D eigenvalue weighted by Gasteiger charge is -2.26. The van der Waals surface area contributed by atoms with Crippen molar-refractivity contribution in [2.45, 2.75) is 11.0 Å². The number of benzene rings is 3. The van der Waals surface area contributed by atoms with E-state index in [9.17, 15) is 22.4 Å². The molecule has 0 bridgehead atoms. The first kappa shape index (κ1) is 24.5. The molecule has 1 amide bonds. The maximum absolute atomic E-state index is 13.6. The summed E-state index contributed by atoms with van der Waals surface area (Å²) >= 11 is 0. The molecule has 35 heavy (non-hydrogen) atoms. The summed E-state index contributed by atoms with van der Waals surface area (Å²) in [4.78, 5) is 25.8. The number of carbonyl (C=O) groups is 2. The number of nitrogens with one attached hydrogen (secondary N) is 1. The number of rotatable bonds is 7. The van der Waals surface area contributed by atoms with Gasteiger partial charge in [0.2, 0.25) is 16.1 Å².